The van der Waals surface area contributed by atoms with Crippen LogP contribution in [-0.4, -0.2) is 26.0 Å². The molecule has 0 radical (unpaired) electrons. The van der Waals surface area contributed by atoms with Crippen molar-refractivity contribution in [2.45, 2.75) is 12.7 Å². The maximum absolute atomic E-state index is 11.7. The molecule has 0 saturated carbocycles. The zero-order chi connectivity index (χ0) is 12.8. The zero-order valence-electron chi connectivity index (χ0n) is 9.29. The van der Waals surface area contributed by atoms with Gasteiger partial charge >= 0.3 is 5.97 Å². The molecule has 0 fully saturated rings. The van der Waals surface area contributed by atoms with Gasteiger partial charge < -0.3 is 5.11 Å². The van der Waals surface area contributed by atoms with Crippen LogP contribution in [0.2, 0.25) is 0 Å². The SMILES string of the molecule is CC(CS(=O)Cc1cccnc1C#N)C(=O)O. The van der Waals surface area contributed by atoms with E-state index < -0.39 is 22.7 Å². The largest absolute Gasteiger partial charge is 0.481 e. The third-order valence-corrected chi connectivity index (χ3v) is 3.68. The second kappa shape index (κ2) is 6.11. The molecule has 2 atom stereocenters. The highest BCUT2D eigenvalue weighted by Gasteiger charge is 2.16. The number of pyridine rings is 1. The summed E-state index contributed by atoms with van der Waals surface area (Å²) in [5.41, 5.74) is 0.828. The van der Waals surface area contributed by atoms with Crippen LogP contribution >= 0.6 is 0 Å². The molecular formula is C11H12N2O3S. The van der Waals surface area contributed by atoms with Crippen LogP contribution in [0.5, 0.6) is 0 Å². The summed E-state index contributed by atoms with van der Waals surface area (Å²) in [6.45, 7) is 1.51. The summed E-state index contributed by atoms with van der Waals surface area (Å²) in [7, 11) is -1.31. The summed E-state index contributed by atoms with van der Waals surface area (Å²) in [6, 6.07) is 5.25. The van der Waals surface area contributed by atoms with E-state index in [0.29, 0.717) is 5.56 Å². The third-order valence-electron chi connectivity index (χ3n) is 2.17. The van der Waals surface area contributed by atoms with Crippen LogP contribution < -0.4 is 0 Å². The third kappa shape index (κ3) is 3.96. The fourth-order valence-corrected chi connectivity index (χ4v) is 2.64. The van der Waals surface area contributed by atoms with Gasteiger partial charge in [0, 0.05) is 28.3 Å². The average Bonchev–Trinajstić information content (AvgIpc) is 2.29. The number of nitriles is 1. The lowest BCUT2D eigenvalue weighted by Crippen LogP contribution is -2.18. The fourth-order valence-electron chi connectivity index (χ4n) is 1.24. The smallest absolute Gasteiger partial charge is 0.307 e. The first-order valence-corrected chi connectivity index (χ1v) is 6.45. The van der Waals surface area contributed by atoms with Crippen molar-refractivity contribution in [3.8, 4) is 6.07 Å². The second-order valence-corrected chi connectivity index (χ2v) is 5.11. The van der Waals surface area contributed by atoms with Gasteiger partial charge in [0.1, 0.15) is 11.8 Å². The molecule has 17 heavy (non-hydrogen) atoms. The Morgan fingerprint density at radius 1 is 1.71 bits per heavy atom. The maximum Gasteiger partial charge on any atom is 0.307 e. The van der Waals surface area contributed by atoms with Gasteiger partial charge in [-0.3, -0.25) is 9.00 Å². The number of aliphatic carboxylic acids is 1. The lowest BCUT2D eigenvalue weighted by Gasteiger charge is -2.06. The Morgan fingerprint density at radius 2 is 2.41 bits per heavy atom. The highest BCUT2D eigenvalue weighted by atomic mass is 32.2. The van der Waals surface area contributed by atoms with E-state index >= 15 is 0 Å². The second-order valence-electron chi connectivity index (χ2n) is 3.61. The predicted molar refractivity (Wildman–Crippen MR) is 62.5 cm³/mol. The number of carbonyl (C=O) groups is 1. The Morgan fingerprint density at radius 3 is 3.00 bits per heavy atom. The summed E-state index contributed by atoms with van der Waals surface area (Å²) in [4.78, 5) is 14.5. The van der Waals surface area contributed by atoms with Crippen molar-refractivity contribution < 1.29 is 14.1 Å². The van der Waals surface area contributed by atoms with Crippen LogP contribution in [0.1, 0.15) is 18.2 Å². The Hall–Kier alpha value is -1.74. The Kier molecular flexibility index (Phi) is 4.79. The number of aromatic nitrogens is 1. The lowest BCUT2D eigenvalue weighted by molar-refractivity contribution is -0.140. The first-order valence-electron chi connectivity index (χ1n) is 4.96. The van der Waals surface area contributed by atoms with Crippen molar-refractivity contribution in [2.24, 2.45) is 5.92 Å². The number of carboxylic acids is 1. The first kappa shape index (κ1) is 13.3. The monoisotopic (exact) mass is 252 g/mol. The van der Waals surface area contributed by atoms with Crippen LogP contribution in [0.25, 0.3) is 0 Å². The van der Waals surface area contributed by atoms with Crippen molar-refractivity contribution in [3.63, 3.8) is 0 Å². The van der Waals surface area contributed by atoms with Crippen molar-refractivity contribution >= 4 is 16.8 Å². The molecule has 1 aromatic rings. The predicted octanol–water partition coefficient (Wildman–Crippen LogP) is 0.923. The molecule has 0 aliphatic carbocycles. The Balaban J connectivity index is 2.69. The van der Waals surface area contributed by atoms with Gasteiger partial charge in [0.25, 0.3) is 0 Å². The number of rotatable bonds is 5. The summed E-state index contributed by atoms with van der Waals surface area (Å²) in [5.74, 6) is -1.38. The standard InChI is InChI=1S/C11H12N2O3S/c1-8(11(14)15)6-17(16)7-9-3-2-4-13-10(9)5-12/h2-4,8H,6-7H2,1H3,(H,14,15). The molecule has 0 aromatic carbocycles. The molecule has 1 rings (SSSR count). The molecule has 90 valence electrons. The number of hydrogen-bond donors (Lipinski definition) is 1. The molecule has 1 heterocycles. The average molecular weight is 252 g/mol. The number of hydrogen-bond acceptors (Lipinski definition) is 4. The van der Waals surface area contributed by atoms with Crippen molar-refractivity contribution in [1.82, 2.24) is 4.98 Å². The van der Waals surface area contributed by atoms with Crippen molar-refractivity contribution in [3.05, 3.63) is 29.6 Å². The minimum atomic E-state index is -1.31. The van der Waals surface area contributed by atoms with Gasteiger partial charge in [-0.15, -0.1) is 0 Å². The zero-order valence-corrected chi connectivity index (χ0v) is 10.1. The topological polar surface area (TPSA) is 91.0 Å². The fraction of sp³-hybridized carbons (Fsp3) is 0.364. The Bertz CT molecular complexity index is 482. The molecule has 1 N–H and O–H groups in total. The molecule has 0 spiro atoms. The van der Waals surface area contributed by atoms with Crippen LogP contribution in [0.15, 0.2) is 18.3 Å². The van der Waals surface area contributed by atoms with Gasteiger partial charge in [-0.1, -0.05) is 13.0 Å². The summed E-state index contributed by atoms with van der Waals surface area (Å²) in [5, 5.41) is 17.5. The van der Waals surface area contributed by atoms with E-state index in [4.69, 9.17) is 10.4 Å². The van der Waals surface area contributed by atoms with E-state index in [-0.39, 0.29) is 17.2 Å². The van der Waals surface area contributed by atoms with Crippen LogP contribution in [0.3, 0.4) is 0 Å². The minimum Gasteiger partial charge on any atom is -0.481 e. The van der Waals surface area contributed by atoms with E-state index in [9.17, 15) is 9.00 Å². The molecule has 0 aliphatic rings. The van der Waals surface area contributed by atoms with Gasteiger partial charge in [0.15, 0.2) is 0 Å². The van der Waals surface area contributed by atoms with E-state index in [1.807, 2.05) is 6.07 Å². The Labute approximate surface area is 102 Å². The molecular weight excluding hydrogens is 240 g/mol. The van der Waals surface area contributed by atoms with Gasteiger partial charge in [-0.25, -0.2) is 4.98 Å². The highest BCUT2D eigenvalue weighted by Crippen LogP contribution is 2.09. The maximum atomic E-state index is 11.7. The van der Waals surface area contributed by atoms with Gasteiger partial charge in [0.05, 0.1) is 11.7 Å². The molecule has 0 saturated heterocycles. The van der Waals surface area contributed by atoms with E-state index in [2.05, 4.69) is 4.98 Å². The normalized spacial score (nSPS) is 13.6. The molecule has 0 aliphatic heterocycles. The molecule has 0 bridgehead atoms. The molecule has 6 heteroatoms. The minimum absolute atomic E-state index is 0.0785. The first-order chi connectivity index (χ1) is 8.04. The molecule has 2 unspecified atom stereocenters. The van der Waals surface area contributed by atoms with E-state index in [1.54, 1.807) is 12.1 Å². The van der Waals surface area contributed by atoms with Crippen LogP contribution in [0, 0.1) is 17.2 Å². The molecule has 0 amide bonds. The van der Waals surface area contributed by atoms with E-state index in [1.165, 1.54) is 13.1 Å². The van der Waals surface area contributed by atoms with Gasteiger partial charge in [0.2, 0.25) is 0 Å². The molecule has 1 aromatic heterocycles. The van der Waals surface area contributed by atoms with Crippen molar-refractivity contribution in [1.29, 1.82) is 5.26 Å². The highest BCUT2D eigenvalue weighted by molar-refractivity contribution is 7.84. The molecule has 5 nitrogen and oxygen atoms in total. The van der Waals surface area contributed by atoms with Gasteiger partial charge in [-0.05, 0) is 6.07 Å². The van der Waals surface area contributed by atoms with Gasteiger partial charge in [-0.2, -0.15) is 5.26 Å². The summed E-state index contributed by atoms with van der Waals surface area (Å²) >= 11 is 0. The summed E-state index contributed by atoms with van der Waals surface area (Å²) < 4.78 is 11.7. The quantitative estimate of drug-likeness (QED) is 0.841. The number of carboxylic acid groups (broad SMARTS) is 1. The van der Waals surface area contributed by atoms with Crippen LogP contribution in [0.4, 0.5) is 0 Å². The number of nitrogens with zero attached hydrogens (tertiary/aromatic N) is 2. The van der Waals surface area contributed by atoms with Crippen LogP contribution in [-0.2, 0) is 21.3 Å². The lowest BCUT2D eigenvalue weighted by atomic mass is 10.2. The van der Waals surface area contributed by atoms with E-state index in [0.717, 1.165) is 0 Å². The summed E-state index contributed by atoms with van der Waals surface area (Å²) in [6.07, 6.45) is 1.49. The van der Waals surface area contributed by atoms with Crippen molar-refractivity contribution in [2.75, 3.05) is 5.75 Å².